The van der Waals surface area contributed by atoms with Crippen LogP contribution in [0.2, 0.25) is 10.0 Å². The molecular formula is C14H9Cl2NO4S. The first-order valence-electron chi connectivity index (χ1n) is 6.15. The zero-order valence-electron chi connectivity index (χ0n) is 11.0. The number of rotatable bonds is 2. The largest absolute Gasteiger partial charge is 0.480 e. The van der Waals surface area contributed by atoms with Gasteiger partial charge in [0.2, 0.25) is 0 Å². The van der Waals surface area contributed by atoms with Crippen molar-refractivity contribution in [2.75, 3.05) is 10.8 Å². The molecule has 0 fully saturated rings. The van der Waals surface area contributed by atoms with Crippen LogP contribution >= 0.6 is 23.2 Å². The van der Waals surface area contributed by atoms with E-state index in [9.17, 15) is 13.2 Å². The van der Waals surface area contributed by atoms with Crippen molar-refractivity contribution >= 4 is 44.9 Å². The monoisotopic (exact) mass is 357 g/mol. The highest BCUT2D eigenvalue weighted by atomic mass is 35.5. The molecule has 0 aliphatic carbocycles. The van der Waals surface area contributed by atoms with E-state index in [1.807, 2.05) is 0 Å². The van der Waals surface area contributed by atoms with Gasteiger partial charge < -0.3 is 5.11 Å². The summed E-state index contributed by atoms with van der Waals surface area (Å²) in [5.41, 5.74) is 1.05. The molecule has 0 saturated carbocycles. The fourth-order valence-corrected chi connectivity index (χ4v) is 4.67. The fourth-order valence-electron chi connectivity index (χ4n) is 2.46. The number of hydrogen-bond acceptors (Lipinski definition) is 3. The molecule has 22 heavy (non-hydrogen) atoms. The third-order valence-electron chi connectivity index (χ3n) is 3.31. The molecule has 0 saturated heterocycles. The molecular weight excluding hydrogens is 349 g/mol. The molecule has 0 atom stereocenters. The number of anilines is 1. The van der Waals surface area contributed by atoms with Crippen LogP contribution in [0.4, 0.5) is 5.69 Å². The molecule has 1 aliphatic rings. The second-order valence-electron chi connectivity index (χ2n) is 4.68. The Morgan fingerprint density at radius 2 is 1.86 bits per heavy atom. The number of aliphatic carboxylic acids is 1. The minimum atomic E-state index is -3.99. The van der Waals surface area contributed by atoms with Gasteiger partial charge in [-0.3, -0.25) is 9.10 Å². The van der Waals surface area contributed by atoms with Gasteiger partial charge in [0.05, 0.1) is 15.6 Å². The Morgan fingerprint density at radius 3 is 2.55 bits per heavy atom. The maximum absolute atomic E-state index is 12.7. The normalized spacial score (nSPS) is 15.1. The molecule has 2 aromatic rings. The highest BCUT2D eigenvalue weighted by Crippen LogP contribution is 2.47. The lowest BCUT2D eigenvalue weighted by Gasteiger charge is -2.31. The van der Waals surface area contributed by atoms with E-state index in [1.165, 1.54) is 18.2 Å². The average molecular weight is 358 g/mol. The van der Waals surface area contributed by atoms with Crippen LogP contribution < -0.4 is 4.31 Å². The summed E-state index contributed by atoms with van der Waals surface area (Å²) in [7, 11) is -3.99. The second-order valence-corrected chi connectivity index (χ2v) is 7.36. The molecule has 1 aliphatic heterocycles. The summed E-state index contributed by atoms with van der Waals surface area (Å²) in [5, 5.41) is 9.53. The van der Waals surface area contributed by atoms with Gasteiger partial charge in [-0.2, -0.15) is 0 Å². The molecule has 8 heteroatoms. The standard InChI is InChI=1S/C14H9Cl2NO4S/c15-8-5-10(16)14-9-3-1-2-4-12(9)22(20,21)17(7-13(18)19)11(14)6-8/h1-6H,7H2,(H,18,19). The smallest absolute Gasteiger partial charge is 0.324 e. The van der Waals surface area contributed by atoms with Gasteiger partial charge in [-0.1, -0.05) is 41.4 Å². The molecule has 3 rings (SSSR count). The van der Waals surface area contributed by atoms with Crippen LogP contribution in [0.3, 0.4) is 0 Å². The number of carbonyl (C=O) groups is 1. The van der Waals surface area contributed by atoms with Crippen LogP contribution in [0.15, 0.2) is 41.3 Å². The summed E-state index contributed by atoms with van der Waals surface area (Å²) >= 11 is 12.2. The van der Waals surface area contributed by atoms with Crippen molar-refractivity contribution in [2.24, 2.45) is 0 Å². The number of halogens is 2. The molecule has 0 amide bonds. The number of sulfonamides is 1. The molecule has 5 nitrogen and oxygen atoms in total. The maximum Gasteiger partial charge on any atom is 0.324 e. The lowest BCUT2D eigenvalue weighted by molar-refractivity contribution is -0.135. The molecule has 1 heterocycles. The Morgan fingerprint density at radius 1 is 1.18 bits per heavy atom. The Labute approximate surface area is 136 Å². The van der Waals surface area contributed by atoms with Crippen LogP contribution in [0, 0.1) is 0 Å². The summed E-state index contributed by atoms with van der Waals surface area (Å²) in [4.78, 5) is 11.1. The number of nitrogens with zero attached hydrogens (tertiary/aromatic N) is 1. The Kier molecular flexibility index (Phi) is 3.55. The van der Waals surface area contributed by atoms with Crippen LogP contribution in [-0.4, -0.2) is 26.0 Å². The lowest BCUT2D eigenvalue weighted by atomic mass is 10.0. The molecule has 0 unspecified atom stereocenters. The minimum Gasteiger partial charge on any atom is -0.480 e. The SMILES string of the molecule is O=C(O)CN1c2cc(Cl)cc(Cl)c2-c2ccccc2S1(=O)=O. The van der Waals surface area contributed by atoms with Crippen LogP contribution in [0.5, 0.6) is 0 Å². The summed E-state index contributed by atoms with van der Waals surface area (Å²) in [5.74, 6) is -1.27. The molecule has 0 bridgehead atoms. The van der Waals surface area contributed by atoms with E-state index in [2.05, 4.69) is 0 Å². The Hall–Kier alpha value is -1.76. The molecule has 0 spiro atoms. The summed E-state index contributed by atoms with van der Waals surface area (Å²) in [6.07, 6.45) is 0. The van der Waals surface area contributed by atoms with Crippen molar-refractivity contribution in [3.8, 4) is 11.1 Å². The van der Waals surface area contributed by atoms with Gasteiger partial charge >= 0.3 is 5.97 Å². The van der Waals surface area contributed by atoms with Crippen molar-refractivity contribution in [3.05, 3.63) is 46.4 Å². The maximum atomic E-state index is 12.7. The van der Waals surface area contributed by atoms with Crippen LogP contribution in [0.25, 0.3) is 11.1 Å². The molecule has 2 aromatic carbocycles. The predicted octanol–water partition coefficient (Wildman–Crippen LogP) is 3.25. The van der Waals surface area contributed by atoms with Gasteiger partial charge in [0.25, 0.3) is 10.0 Å². The van der Waals surface area contributed by atoms with Gasteiger partial charge in [-0.25, -0.2) is 8.42 Å². The summed E-state index contributed by atoms with van der Waals surface area (Å²) < 4.78 is 26.2. The topological polar surface area (TPSA) is 74.7 Å². The Bertz CT molecular complexity index is 896. The number of benzene rings is 2. The molecule has 1 N–H and O–H groups in total. The molecule has 114 valence electrons. The number of hydrogen-bond donors (Lipinski definition) is 1. The van der Waals surface area contributed by atoms with E-state index in [0.717, 1.165) is 4.31 Å². The highest BCUT2D eigenvalue weighted by Gasteiger charge is 2.37. The van der Waals surface area contributed by atoms with E-state index in [0.29, 0.717) is 11.1 Å². The number of fused-ring (bicyclic) bond motifs is 3. The second kappa shape index (κ2) is 5.15. The van der Waals surface area contributed by atoms with Gasteiger partial charge in [0, 0.05) is 16.1 Å². The summed E-state index contributed by atoms with van der Waals surface area (Å²) in [6.45, 7) is -0.708. The minimum absolute atomic E-state index is 0.0213. The van der Waals surface area contributed by atoms with Crippen LogP contribution in [-0.2, 0) is 14.8 Å². The van der Waals surface area contributed by atoms with Gasteiger partial charge in [-0.15, -0.1) is 0 Å². The van der Waals surface area contributed by atoms with Gasteiger partial charge in [0.15, 0.2) is 0 Å². The van der Waals surface area contributed by atoms with Crippen molar-refractivity contribution in [3.63, 3.8) is 0 Å². The summed E-state index contributed by atoms with van der Waals surface area (Å²) in [6, 6.07) is 9.21. The first-order chi connectivity index (χ1) is 10.3. The first kappa shape index (κ1) is 15.1. The van der Waals surface area contributed by atoms with E-state index >= 15 is 0 Å². The third-order valence-corrected chi connectivity index (χ3v) is 5.64. The quantitative estimate of drug-likeness (QED) is 0.894. The van der Waals surface area contributed by atoms with Crippen molar-refractivity contribution in [2.45, 2.75) is 4.90 Å². The number of carboxylic acids is 1. The number of carboxylic acid groups (broad SMARTS) is 1. The lowest BCUT2D eigenvalue weighted by Crippen LogP contribution is -2.38. The van der Waals surface area contributed by atoms with E-state index in [4.69, 9.17) is 28.3 Å². The molecule has 0 radical (unpaired) electrons. The Balaban J connectivity index is 2.41. The average Bonchev–Trinajstić information content (AvgIpc) is 2.42. The predicted molar refractivity (Wildman–Crippen MR) is 84.1 cm³/mol. The molecule has 0 aromatic heterocycles. The third kappa shape index (κ3) is 2.24. The van der Waals surface area contributed by atoms with Gasteiger partial charge in [-0.05, 0) is 18.2 Å². The zero-order chi connectivity index (χ0) is 16.1. The van der Waals surface area contributed by atoms with Gasteiger partial charge in [0.1, 0.15) is 6.54 Å². The first-order valence-corrected chi connectivity index (χ1v) is 8.35. The van der Waals surface area contributed by atoms with Crippen molar-refractivity contribution in [1.82, 2.24) is 0 Å². The van der Waals surface area contributed by atoms with Crippen LogP contribution in [0.1, 0.15) is 0 Å². The highest BCUT2D eigenvalue weighted by molar-refractivity contribution is 7.93. The fraction of sp³-hybridized carbons (Fsp3) is 0.0714. The van der Waals surface area contributed by atoms with E-state index < -0.39 is 22.5 Å². The van der Waals surface area contributed by atoms with Crippen molar-refractivity contribution in [1.29, 1.82) is 0 Å². The zero-order valence-corrected chi connectivity index (χ0v) is 13.3. The van der Waals surface area contributed by atoms with Crippen molar-refractivity contribution < 1.29 is 18.3 Å². The van der Waals surface area contributed by atoms with E-state index in [-0.39, 0.29) is 20.6 Å². The van der Waals surface area contributed by atoms with E-state index in [1.54, 1.807) is 18.2 Å².